The smallest absolute Gasteiger partial charge is 0.241 e. The van der Waals surface area contributed by atoms with E-state index in [1.54, 1.807) is 42.7 Å². The van der Waals surface area contributed by atoms with Gasteiger partial charge in [-0.2, -0.15) is 0 Å². The molecule has 1 unspecified atom stereocenters. The first kappa shape index (κ1) is 22.2. The second-order valence-corrected chi connectivity index (χ2v) is 6.46. The van der Waals surface area contributed by atoms with Gasteiger partial charge in [0.05, 0.1) is 11.9 Å². The number of rotatable bonds is 10. The van der Waals surface area contributed by atoms with Gasteiger partial charge in [0.2, 0.25) is 5.95 Å². The minimum absolute atomic E-state index is 0.0290. The van der Waals surface area contributed by atoms with Crippen molar-refractivity contribution in [3.63, 3.8) is 0 Å². The molecule has 0 aliphatic heterocycles. The lowest BCUT2D eigenvalue weighted by molar-refractivity contribution is 0.340. The largest absolute Gasteiger partial charge is 0.494 e. The second-order valence-electron chi connectivity index (χ2n) is 6.46. The van der Waals surface area contributed by atoms with E-state index in [2.05, 4.69) is 36.5 Å². The Labute approximate surface area is 184 Å². The molecule has 0 spiro atoms. The summed E-state index contributed by atoms with van der Waals surface area (Å²) >= 11 is 0. The fourth-order valence-corrected chi connectivity index (χ4v) is 2.86. The molecule has 0 saturated heterocycles. The molecule has 0 amide bonds. The molecule has 11 nitrogen and oxygen atoms in total. The SMILES string of the molecule is CCOc1cccc(C(Nc2ccc(C(=N)N)cc2)/C(=N/N=O)NNc2ncccn2)c1. The van der Waals surface area contributed by atoms with Gasteiger partial charge in [0.25, 0.3) is 0 Å². The summed E-state index contributed by atoms with van der Waals surface area (Å²) in [5.41, 5.74) is 13.3. The van der Waals surface area contributed by atoms with Gasteiger partial charge in [-0.05, 0) is 55.0 Å². The van der Waals surface area contributed by atoms with Crippen LogP contribution in [0.25, 0.3) is 0 Å². The molecule has 3 aromatic rings. The van der Waals surface area contributed by atoms with E-state index < -0.39 is 6.04 Å². The molecule has 1 heterocycles. The molecular formula is C21H23N9O2. The van der Waals surface area contributed by atoms with Crippen LogP contribution in [0, 0.1) is 10.3 Å². The van der Waals surface area contributed by atoms with E-state index in [4.69, 9.17) is 15.9 Å². The van der Waals surface area contributed by atoms with E-state index in [0.717, 1.165) is 5.56 Å². The number of nitrogens with two attached hydrogens (primary N) is 1. The maximum atomic E-state index is 11.1. The highest BCUT2D eigenvalue weighted by Gasteiger charge is 2.21. The van der Waals surface area contributed by atoms with E-state index in [0.29, 0.717) is 29.6 Å². The van der Waals surface area contributed by atoms with Crippen LogP contribution in [-0.4, -0.2) is 28.2 Å². The molecule has 3 rings (SSSR count). The van der Waals surface area contributed by atoms with Crippen LogP contribution in [0.15, 0.2) is 77.4 Å². The molecule has 11 heteroatoms. The fraction of sp³-hybridized carbons (Fsp3) is 0.143. The standard InChI is InChI=1S/C21H23N9O2/c1-2-32-17-6-3-5-15(13-17)18(26-16-9-7-14(8-10-16)19(22)23)20(28-30-31)27-29-21-24-11-4-12-25-21/h3-13,18,26H,2H2,1H3,(H3,22,23)(H,24,25,29)(H,27,28,31). The molecule has 2 aromatic carbocycles. The number of hydrogen-bond acceptors (Lipinski definition) is 8. The molecule has 0 fully saturated rings. The highest BCUT2D eigenvalue weighted by Crippen LogP contribution is 2.25. The summed E-state index contributed by atoms with van der Waals surface area (Å²) in [7, 11) is 0. The highest BCUT2D eigenvalue weighted by molar-refractivity contribution is 5.95. The Kier molecular flexibility index (Phi) is 7.63. The molecule has 32 heavy (non-hydrogen) atoms. The van der Waals surface area contributed by atoms with Gasteiger partial charge in [0.15, 0.2) is 5.84 Å². The van der Waals surface area contributed by atoms with Crippen molar-refractivity contribution >= 4 is 23.3 Å². The maximum Gasteiger partial charge on any atom is 0.241 e. The Hall–Kier alpha value is -4.54. The summed E-state index contributed by atoms with van der Waals surface area (Å²) in [6.45, 7) is 2.41. The third kappa shape index (κ3) is 5.98. The van der Waals surface area contributed by atoms with Gasteiger partial charge >= 0.3 is 0 Å². The number of anilines is 2. The quantitative estimate of drug-likeness (QED) is 0.141. The first-order valence-corrected chi connectivity index (χ1v) is 9.73. The van der Waals surface area contributed by atoms with Crippen molar-refractivity contribution in [2.45, 2.75) is 13.0 Å². The van der Waals surface area contributed by atoms with Gasteiger partial charge in [0, 0.05) is 23.6 Å². The number of ether oxygens (including phenoxy) is 1. The summed E-state index contributed by atoms with van der Waals surface area (Å²) < 4.78 is 5.61. The Morgan fingerprint density at radius 3 is 2.56 bits per heavy atom. The van der Waals surface area contributed by atoms with Crippen molar-refractivity contribution in [2.75, 3.05) is 17.3 Å². The number of nitrogen functional groups attached to an aromatic ring is 1. The summed E-state index contributed by atoms with van der Waals surface area (Å²) in [4.78, 5) is 19.2. The van der Waals surface area contributed by atoms with Crippen molar-refractivity contribution < 1.29 is 4.74 Å². The Morgan fingerprint density at radius 2 is 1.91 bits per heavy atom. The van der Waals surface area contributed by atoms with Crippen LogP contribution in [0.1, 0.15) is 24.1 Å². The van der Waals surface area contributed by atoms with Gasteiger partial charge in [-0.25, -0.2) is 9.97 Å². The highest BCUT2D eigenvalue weighted by atomic mass is 16.5. The number of amidine groups is 2. The normalized spacial score (nSPS) is 11.8. The van der Waals surface area contributed by atoms with Crippen molar-refractivity contribution in [3.8, 4) is 5.75 Å². The number of hydrogen-bond donors (Lipinski definition) is 5. The summed E-state index contributed by atoms with van der Waals surface area (Å²) in [6, 6.07) is 15.4. The molecule has 0 aliphatic rings. The van der Waals surface area contributed by atoms with Crippen molar-refractivity contribution in [1.29, 1.82) is 5.41 Å². The van der Waals surface area contributed by atoms with Crippen molar-refractivity contribution in [3.05, 3.63) is 83.0 Å². The van der Waals surface area contributed by atoms with Crippen LogP contribution in [0.2, 0.25) is 0 Å². The number of benzene rings is 2. The van der Waals surface area contributed by atoms with Crippen LogP contribution in [0.4, 0.5) is 11.6 Å². The second kappa shape index (κ2) is 11.0. The lowest BCUT2D eigenvalue weighted by atomic mass is 10.0. The third-order valence-electron chi connectivity index (χ3n) is 4.30. The molecule has 164 valence electrons. The number of aromatic nitrogens is 2. The van der Waals surface area contributed by atoms with Crippen molar-refractivity contribution in [1.82, 2.24) is 15.4 Å². The average Bonchev–Trinajstić information content (AvgIpc) is 2.82. The average molecular weight is 433 g/mol. The Morgan fingerprint density at radius 1 is 1.16 bits per heavy atom. The van der Waals surface area contributed by atoms with E-state index in [9.17, 15) is 4.91 Å². The zero-order valence-electron chi connectivity index (χ0n) is 17.3. The fourth-order valence-electron chi connectivity index (χ4n) is 2.86. The summed E-state index contributed by atoms with van der Waals surface area (Å²) in [6.07, 6.45) is 3.15. The molecular weight excluding hydrogens is 410 g/mol. The Bertz CT molecular complexity index is 1070. The van der Waals surface area contributed by atoms with Gasteiger partial charge in [0.1, 0.15) is 17.6 Å². The minimum atomic E-state index is -0.618. The van der Waals surface area contributed by atoms with E-state index in [1.165, 1.54) is 0 Å². The van der Waals surface area contributed by atoms with Gasteiger partial charge in [-0.1, -0.05) is 17.2 Å². The minimum Gasteiger partial charge on any atom is -0.494 e. The van der Waals surface area contributed by atoms with E-state index in [-0.39, 0.29) is 11.7 Å². The van der Waals surface area contributed by atoms with Crippen LogP contribution in [0.5, 0.6) is 5.75 Å². The summed E-state index contributed by atoms with van der Waals surface area (Å²) in [5, 5.41) is 17.3. The van der Waals surface area contributed by atoms with E-state index >= 15 is 0 Å². The van der Waals surface area contributed by atoms with Gasteiger partial charge in [-0.15, -0.1) is 4.91 Å². The molecule has 0 aliphatic carbocycles. The number of nitrogens with zero attached hydrogens (tertiary/aromatic N) is 4. The maximum absolute atomic E-state index is 11.1. The van der Waals surface area contributed by atoms with Gasteiger partial charge < -0.3 is 15.8 Å². The summed E-state index contributed by atoms with van der Waals surface area (Å²) in [5.74, 6) is 1.11. The number of nitroso groups, excluding NO2 is 1. The predicted octanol–water partition coefficient (Wildman–Crippen LogP) is 3.01. The molecule has 0 saturated carbocycles. The predicted molar refractivity (Wildman–Crippen MR) is 123 cm³/mol. The molecule has 0 radical (unpaired) electrons. The first-order chi connectivity index (χ1) is 15.6. The zero-order chi connectivity index (χ0) is 22.8. The van der Waals surface area contributed by atoms with Gasteiger partial charge in [-0.3, -0.25) is 16.3 Å². The molecule has 1 atom stereocenters. The molecule has 1 aromatic heterocycles. The molecule has 0 bridgehead atoms. The van der Waals surface area contributed by atoms with Crippen LogP contribution in [0.3, 0.4) is 0 Å². The number of nitrogens with one attached hydrogen (secondary N) is 4. The third-order valence-corrected chi connectivity index (χ3v) is 4.30. The van der Waals surface area contributed by atoms with E-state index in [1.807, 2.05) is 31.2 Å². The lowest BCUT2D eigenvalue weighted by Gasteiger charge is -2.23. The number of hydrazine groups is 1. The van der Waals surface area contributed by atoms with Crippen LogP contribution < -0.4 is 26.6 Å². The zero-order valence-corrected chi connectivity index (χ0v) is 17.3. The van der Waals surface area contributed by atoms with Crippen LogP contribution >= 0.6 is 0 Å². The van der Waals surface area contributed by atoms with Crippen LogP contribution in [-0.2, 0) is 0 Å². The lowest BCUT2D eigenvalue weighted by Crippen LogP contribution is -2.37. The topological polar surface area (TPSA) is 163 Å². The monoisotopic (exact) mass is 433 g/mol. The first-order valence-electron chi connectivity index (χ1n) is 9.73. The Balaban J connectivity index is 1.93. The van der Waals surface area contributed by atoms with Crippen molar-refractivity contribution in [2.24, 2.45) is 16.1 Å². The molecule has 6 N–H and O–H groups in total.